The van der Waals surface area contributed by atoms with Gasteiger partial charge in [0.25, 0.3) is 0 Å². The predicted octanol–water partition coefficient (Wildman–Crippen LogP) is 4.41. The highest BCUT2D eigenvalue weighted by Gasteiger charge is 2.04. The quantitative estimate of drug-likeness (QED) is 0.900. The van der Waals surface area contributed by atoms with Crippen LogP contribution in [0, 0.1) is 6.92 Å². The maximum Gasteiger partial charge on any atom is 0.0823 e. The summed E-state index contributed by atoms with van der Waals surface area (Å²) >= 11 is 13.7. The molecule has 2 rings (SSSR count). The highest BCUT2D eigenvalue weighted by molar-refractivity contribution is 7.09. The van der Waals surface area contributed by atoms with Gasteiger partial charge in [-0.2, -0.15) is 0 Å². The van der Waals surface area contributed by atoms with E-state index in [1.807, 2.05) is 24.6 Å². The molecule has 0 amide bonds. The number of halogens is 2. The summed E-state index contributed by atoms with van der Waals surface area (Å²) in [6.07, 6.45) is 0.944. The lowest BCUT2D eigenvalue weighted by atomic mass is 10.2. The summed E-state index contributed by atoms with van der Waals surface area (Å²) in [5.74, 6) is 0. The van der Waals surface area contributed by atoms with Crippen molar-refractivity contribution in [1.82, 2.24) is 4.98 Å². The van der Waals surface area contributed by atoms with Gasteiger partial charge >= 0.3 is 0 Å². The highest BCUT2D eigenvalue weighted by Crippen LogP contribution is 2.29. The molecule has 0 bridgehead atoms. The molecule has 0 fully saturated rings. The van der Waals surface area contributed by atoms with Crippen molar-refractivity contribution in [1.29, 1.82) is 0 Å². The van der Waals surface area contributed by atoms with Gasteiger partial charge in [0.05, 0.1) is 26.9 Å². The monoisotopic (exact) mass is 286 g/mol. The number of thiazole rings is 1. The van der Waals surface area contributed by atoms with E-state index in [1.165, 1.54) is 4.88 Å². The fourth-order valence-electron chi connectivity index (χ4n) is 1.52. The van der Waals surface area contributed by atoms with E-state index in [4.69, 9.17) is 23.2 Å². The Hall–Kier alpha value is -0.770. The van der Waals surface area contributed by atoms with Crippen molar-refractivity contribution in [2.75, 3.05) is 11.9 Å². The lowest BCUT2D eigenvalue weighted by Gasteiger charge is -2.08. The average Bonchev–Trinajstić information content (AvgIpc) is 2.71. The van der Waals surface area contributed by atoms with Crippen molar-refractivity contribution >= 4 is 40.2 Å². The first-order valence-corrected chi connectivity index (χ1v) is 6.89. The Balaban J connectivity index is 1.95. The van der Waals surface area contributed by atoms with Gasteiger partial charge in [0, 0.05) is 17.8 Å². The molecule has 0 radical (unpaired) electrons. The van der Waals surface area contributed by atoms with Crippen molar-refractivity contribution < 1.29 is 0 Å². The number of rotatable bonds is 4. The van der Waals surface area contributed by atoms with E-state index in [9.17, 15) is 0 Å². The highest BCUT2D eigenvalue weighted by atomic mass is 35.5. The average molecular weight is 287 g/mol. The number of aryl methyl sites for hydroxylation is 1. The molecule has 90 valence electrons. The van der Waals surface area contributed by atoms with Crippen LogP contribution in [-0.4, -0.2) is 11.5 Å². The summed E-state index contributed by atoms with van der Waals surface area (Å²) in [4.78, 5) is 5.52. The first kappa shape index (κ1) is 12.7. The van der Waals surface area contributed by atoms with E-state index in [0.717, 1.165) is 24.3 Å². The molecule has 0 spiro atoms. The molecule has 1 aromatic carbocycles. The van der Waals surface area contributed by atoms with Gasteiger partial charge in [0.1, 0.15) is 0 Å². The fraction of sp³-hybridized carbons (Fsp3) is 0.250. The van der Waals surface area contributed by atoms with Crippen molar-refractivity contribution in [3.05, 3.63) is 44.3 Å². The Labute approximate surface area is 115 Å². The minimum Gasteiger partial charge on any atom is -0.383 e. The number of nitrogens with one attached hydrogen (secondary N) is 1. The summed E-state index contributed by atoms with van der Waals surface area (Å²) in [6.45, 7) is 2.85. The first-order valence-electron chi connectivity index (χ1n) is 5.25. The van der Waals surface area contributed by atoms with Crippen LogP contribution >= 0.6 is 34.5 Å². The van der Waals surface area contributed by atoms with Gasteiger partial charge in [0.15, 0.2) is 0 Å². The van der Waals surface area contributed by atoms with Gasteiger partial charge in [-0.25, -0.2) is 4.98 Å². The Kier molecular flexibility index (Phi) is 4.26. The van der Waals surface area contributed by atoms with E-state index in [1.54, 1.807) is 17.4 Å². The number of benzene rings is 1. The van der Waals surface area contributed by atoms with Crippen molar-refractivity contribution in [2.24, 2.45) is 0 Å². The lowest BCUT2D eigenvalue weighted by molar-refractivity contribution is 1.02. The molecule has 17 heavy (non-hydrogen) atoms. The molecule has 0 aliphatic heterocycles. The number of nitrogens with zero attached hydrogens (tertiary/aromatic N) is 1. The molecule has 0 aliphatic rings. The van der Waals surface area contributed by atoms with Gasteiger partial charge < -0.3 is 5.32 Å². The van der Waals surface area contributed by atoms with Crippen LogP contribution < -0.4 is 5.32 Å². The zero-order chi connectivity index (χ0) is 12.3. The van der Waals surface area contributed by atoms with E-state index >= 15 is 0 Å². The SMILES string of the molecule is Cc1ncsc1CCNc1cccc(Cl)c1Cl. The Bertz CT molecular complexity index is 511. The molecule has 0 aliphatic carbocycles. The van der Waals surface area contributed by atoms with Crippen LogP contribution in [-0.2, 0) is 6.42 Å². The lowest BCUT2D eigenvalue weighted by Crippen LogP contribution is -2.05. The number of aromatic nitrogens is 1. The van der Waals surface area contributed by atoms with Gasteiger partial charge in [0.2, 0.25) is 0 Å². The second-order valence-electron chi connectivity index (χ2n) is 3.64. The van der Waals surface area contributed by atoms with Gasteiger partial charge in [-0.05, 0) is 19.1 Å². The maximum atomic E-state index is 6.08. The van der Waals surface area contributed by atoms with Crippen LogP contribution in [0.15, 0.2) is 23.7 Å². The van der Waals surface area contributed by atoms with Crippen LogP contribution in [0.1, 0.15) is 10.6 Å². The third-order valence-corrected chi connectivity index (χ3v) is 4.28. The summed E-state index contributed by atoms with van der Waals surface area (Å²) in [5.41, 5.74) is 3.85. The molecule has 0 atom stereocenters. The van der Waals surface area contributed by atoms with Gasteiger partial charge in [-0.15, -0.1) is 11.3 Å². The molecule has 2 aromatic rings. The minimum absolute atomic E-state index is 0.575. The van der Waals surface area contributed by atoms with E-state index in [0.29, 0.717) is 10.0 Å². The van der Waals surface area contributed by atoms with Crippen LogP contribution in [0.2, 0.25) is 10.0 Å². The third kappa shape index (κ3) is 3.12. The molecule has 2 nitrogen and oxygen atoms in total. The normalized spacial score (nSPS) is 10.5. The van der Waals surface area contributed by atoms with Gasteiger partial charge in [-0.1, -0.05) is 29.3 Å². The first-order chi connectivity index (χ1) is 8.18. The maximum absolute atomic E-state index is 6.08. The molecule has 1 aromatic heterocycles. The van der Waals surface area contributed by atoms with Crippen LogP contribution in [0.3, 0.4) is 0 Å². The number of hydrogen-bond donors (Lipinski definition) is 1. The molecule has 0 unspecified atom stereocenters. The van der Waals surface area contributed by atoms with Crippen molar-refractivity contribution in [3.8, 4) is 0 Å². The molecule has 0 saturated heterocycles. The Morgan fingerprint density at radius 1 is 1.35 bits per heavy atom. The summed E-state index contributed by atoms with van der Waals surface area (Å²) in [6, 6.07) is 5.59. The summed E-state index contributed by atoms with van der Waals surface area (Å²) in [7, 11) is 0. The van der Waals surface area contributed by atoms with Crippen molar-refractivity contribution in [2.45, 2.75) is 13.3 Å². The Morgan fingerprint density at radius 3 is 2.88 bits per heavy atom. The topological polar surface area (TPSA) is 24.9 Å². The molecule has 1 N–H and O–H groups in total. The molecule has 5 heteroatoms. The van der Waals surface area contributed by atoms with Crippen LogP contribution in [0.5, 0.6) is 0 Å². The fourth-order valence-corrected chi connectivity index (χ4v) is 2.67. The molecular formula is C12H12Cl2N2S. The zero-order valence-electron chi connectivity index (χ0n) is 9.34. The largest absolute Gasteiger partial charge is 0.383 e. The van der Waals surface area contributed by atoms with Crippen LogP contribution in [0.25, 0.3) is 0 Å². The standard InChI is InChI=1S/C12H12Cl2N2S/c1-8-11(17-7-16-8)5-6-15-10-4-2-3-9(13)12(10)14/h2-4,7,15H,5-6H2,1H3. The second kappa shape index (κ2) is 5.71. The van der Waals surface area contributed by atoms with Crippen LogP contribution in [0.4, 0.5) is 5.69 Å². The number of anilines is 1. The zero-order valence-corrected chi connectivity index (χ0v) is 11.7. The second-order valence-corrected chi connectivity index (χ2v) is 5.36. The van der Waals surface area contributed by atoms with E-state index in [2.05, 4.69) is 10.3 Å². The predicted molar refractivity (Wildman–Crippen MR) is 75.5 cm³/mol. The summed E-state index contributed by atoms with van der Waals surface area (Å²) < 4.78 is 0. The van der Waals surface area contributed by atoms with Crippen molar-refractivity contribution in [3.63, 3.8) is 0 Å². The minimum atomic E-state index is 0.575. The molecular weight excluding hydrogens is 275 g/mol. The Morgan fingerprint density at radius 2 is 2.18 bits per heavy atom. The molecule has 1 heterocycles. The van der Waals surface area contributed by atoms with E-state index in [-0.39, 0.29) is 0 Å². The smallest absolute Gasteiger partial charge is 0.0823 e. The molecule has 0 saturated carbocycles. The van der Waals surface area contributed by atoms with E-state index < -0.39 is 0 Å². The number of hydrogen-bond acceptors (Lipinski definition) is 3. The third-order valence-electron chi connectivity index (χ3n) is 2.46. The summed E-state index contributed by atoms with van der Waals surface area (Å²) in [5, 5.41) is 4.44. The van der Waals surface area contributed by atoms with Gasteiger partial charge in [-0.3, -0.25) is 0 Å².